The second-order valence-corrected chi connectivity index (χ2v) is 10.8. The van der Waals surface area contributed by atoms with E-state index in [1.807, 2.05) is 56.7 Å². The summed E-state index contributed by atoms with van der Waals surface area (Å²) in [6, 6.07) is 7.71. The zero-order valence-corrected chi connectivity index (χ0v) is 22.5. The number of benzene rings is 1. The Labute approximate surface area is 212 Å². The van der Waals surface area contributed by atoms with Crippen molar-refractivity contribution < 1.29 is 19.1 Å². The number of rotatable bonds is 4. The molecular formula is C26H36N6O4. The van der Waals surface area contributed by atoms with E-state index in [0.29, 0.717) is 23.4 Å². The minimum Gasteiger partial charge on any atom is -0.444 e. The number of aromatic nitrogens is 3. The molecule has 0 unspecified atom stereocenters. The van der Waals surface area contributed by atoms with Crippen LogP contribution >= 0.6 is 0 Å². The number of fused-ring (bicyclic) bond motifs is 1. The summed E-state index contributed by atoms with van der Waals surface area (Å²) in [5.41, 5.74) is 8.87. The third-order valence-corrected chi connectivity index (χ3v) is 5.19. The number of nitrogens with zero attached hydrogens (tertiary/aromatic N) is 5. The standard InChI is InChI=1S/C26H36N6O4/c1-25(2,3)35-23(33)30(7)14-16-11-10-12-17(13-16)18-20-19(28-15-31(20)8)22(29-21(18)27)32(9)24(34)36-26(4,5)6/h10-13,15H,14H2,1-9H3,(H2,27,29). The van der Waals surface area contributed by atoms with Crippen molar-refractivity contribution in [2.24, 2.45) is 7.05 Å². The van der Waals surface area contributed by atoms with Crippen LogP contribution in [-0.2, 0) is 23.1 Å². The SMILES string of the molecule is CN(Cc1cccc(-c2c(N)nc(N(C)C(=O)OC(C)(C)C)c3ncn(C)c23)c1)C(=O)OC(C)(C)C. The quantitative estimate of drug-likeness (QED) is 0.543. The van der Waals surface area contributed by atoms with Crippen molar-refractivity contribution in [1.29, 1.82) is 0 Å². The average molecular weight is 497 g/mol. The number of ether oxygens (including phenoxy) is 2. The van der Waals surface area contributed by atoms with E-state index < -0.39 is 23.4 Å². The van der Waals surface area contributed by atoms with Crippen LogP contribution in [0.2, 0.25) is 0 Å². The second-order valence-electron chi connectivity index (χ2n) is 10.8. The number of hydrogen-bond donors (Lipinski definition) is 1. The Morgan fingerprint density at radius 3 is 2.25 bits per heavy atom. The van der Waals surface area contributed by atoms with Crippen molar-refractivity contribution in [2.75, 3.05) is 24.7 Å². The van der Waals surface area contributed by atoms with Crippen molar-refractivity contribution in [1.82, 2.24) is 19.4 Å². The molecule has 10 heteroatoms. The van der Waals surface area contributed by atoms with Gasteiger partial charge in [-0.05, 0) is 58.7 Å². The van der Waals surface area contributed by atoms with E-state index in [2.05, 4.69) is 9.97 Å². The molecule has 2 heterocycles. The molecule has 0 saturated heterocycles. The number of nitrogen functional groups attached to an aromatic ring is 1. The molecule has 2 N–H and O–H groups in total. The molecule has 0 saturated carbocycles. The van der Waals surface area contributed by atoms with Crippen LogP contribution in [0.4, 0.5) is 21.2 Å². The van der Waals surface area contributed by atoms with E-state index in [-0.39, 0.29) is 5.82 Å². The molecule has 1 aromatic carbocycles. The summed E-state index contributed by atoms with van der Waals surface area (Å²) < 4.78 is 12.8. The molecule has 2 aromatic heterocycles. The Morgan fingerprint density at radius 1 is 1.03 bits per heavy atom. The highest BCUT2D eigenvalue weighted by Gasteiger charge is 2.26. The van der Waals surface area contributed by atoms with Gasteiger partial charge in [-0.25, -0.2) is 19.6 Å². The lowest BCUT2D eigenvalue weighted by molar-refractivity contribution is 0.0284. The largest absolute Gasteiger partial charge is 0.444 e. The van der Waals surface area contributed by atoms with Crippen LogP contribution < -0.4 is 10.6 Å². The molecule has 0 bridgehead atoms. The molecule has 0 radical (unpaired) electrons. The highest BCUT2D eigenvalue weighted by Crippen LogP contribution is 2.37. The van der Waals surface area contributed by atoms with Gasteiger partial charge in [0.25, 0.3) is 0 Å². The molecule has 0 fully saturated rings. The summed E-state index contributed by atoms with van der Waals surface area (Å²) in [6.45, 7) is 11.2. The molecule has 10 nitrogen and oxygen atoms in total. The van der Waals surface area contributed by atoms with Crippen molar-refractivity contribution in [3.63, 3.8) is 0 Å². The lowest BCUT2D eigenvalue weighted by Gasteiger charge is -2.25. The predicted octanol–water partition coefficient (Wildman–Crippen LogP) is 4.96. The van der Waals surface area contributed by atoms with Crippen LogP contribution in [0.3, 0.4) is 0 Å². The number of amides is 2. The van der Waals surface area contributed by atoms with E-state index in [0.717, 1.165) is 16.6 Å². The third-order valence-electron chi connectivity index (χ3n) is 5.19. The van der Waals surface area contributed by atoms with Gasteiger partial charge in [-0.15, -0.1) is 0 Å². The van der Waals surface area contributed by atoms with Gasteiger partial charge in [0.1, 0.15) is 22.5 Å². The fraction of sp³-hybridized carbons (Fsp3) is 0.462. The van der Waals surface area contributed by atoms with Crippen LogP contribution in [0.15, 0.2) is 30.6 Å². The molecule has 0 aliphatic rings. The first-order valence-electron chi connectivity index (χ1n) is 11.7. The van der Waals surface area contributed by atoms with Crippen molar-refractivity contribution in [3.05, 3.63) is 36.2 Å². The van der Waals surface area contributed by atoms with E-state index in [9.17, 15) is 9.59 Å². The number of carbonyl (C=O) groups excluding carboxylic acids is 2. The van der Waals surface area contributed by atoms with Gasteiger partial charge < -0.3 is 24.7 Å². The van der Waals surface area contributed by atoms with E-state index in [1.165, 1.54) is 9.80 Å². The monoisotopic (exact) mass is 496 g/mol. The fourth-order valence-corrected chi connectivity index (χ4v) is 3.67. The summed E-state index contributed by atoms with van der Waals surface area (Å²) in [7, 11) is 5.13. The van der Waals surface area contributed by atoms with Crippen LogP contribution in [0.5, 0.6) is 0 Å². The maximum Gasteiger partial charge on any atom is 0.415 e. The Kier molecular flexibility index (Phi) is 7.20. The summed E-state index contributed by atoms with van der Waals surface area (Å²) in [5, 5.41) is 0. The van der Waals surface area contributed by atoms with Gasteiger partial charge in [0.15, 0.2) is 5.82 Å². The zero-order valence-electron chi connectivity index (χ0n) is 22.5. The first-order chi connectivity index (χ1) is 16.6. The van der Waals surface area contributed by atoms with Crippen LogP contribution in [-0.4, -0.2) is 56.9 Å². The van der Waals surface area contributed by atoms with E-state index >= 15 is 0 Å². The molecule has 3 rings (SSSR count). The Hall–Kier alpha value is -3.82. The topological polar surface area (TPSA) is 116 Å². The minimum absolute atomic E-state index is 0.245. The lowest BCUT2D eigenvalue weighted by Crippen LogP contribution is -2.34. The number of aryl methyl sites for hydroxylation is 1. The van der Waals surface area contributed by atoms with E-state index in [1.54, 1.807) is 41.2 Å². The molecule has 0 aliphatic heterocycles. The van der Waals surface area contributed by atoms with Gasteiger partial charge in [-0.3, -0.25) is 4.90 Å². The van der Waals surface area contributed by atoms with Gasteiger partial charge >= 0.3 is 12.2 Å². The van der Waals surface area contributed by atoms with Crippen molar-refractivity contribution in [2.45, 2.75) is 59.3 Å². The number of nitrogens with two attached hydrogens (primary N) is 1. The summed E-state index contributed by atoms with van der Waals surface area (Å²) in [5.74, 6) is 0.552. The normalized spacial score (nSPS) is 11.9. The van der Waals surface area contributed by atoms with E-state index in [4.69, 9.17) is 15.2 Å². The summed E-state index contributed by atoms with van der Waals surface area (Å²) >= 11 is 0. The number of hydrogen-bond acceptors (Lipinski definition) is 7. The minimum atomic E-state index is -0.660. The Morgan fingerprint density at radius 2 is 1.64 bits per heavy atom. The van der Waals surface area contributed by atoms with Gasteiger partial charge in [-0.1, -0.05) is 18.2 Å². The molecule has 36 heavy (non-hydrogen) atoms. The molecule has 3 aromatic rings. The molecule has 0 spiro atoms. The molecular weight excluding hydrogens is 460 g/mol. The Bertz CT molecular complexity index is 1290. The second kappa shape index (κ2) is 9.67. The molecule has 194 valence electrons. The zero-order chi connectivity index (χ0) is 27.0. The maximum absolute atomic E-state index is 12.7. The molecule has 0 aliphatic carbocycles. The highest BCUT2D eigenvalue weighted by molar-refractivity contribution is 6.05. The summed E-state index contributed by atoms with van der Waals surface area (Å²) in [6.07, 6.45) is 0.695. The summed E-state index contributed by atoms with van der Waals surface area (Å²) in [4.78, 5) is 37.0. The lowest BCUT2D eigenvalue weighted by atomic mass is 10.0. The smallest absolute Gasteiger partial charge is 0.415 e. The fourth-order valence-electron chi connectivity index (χ4n) is 3.67. The first kappa shape index (κ1) is 26.8. The number of pyridine rings is 1. The predicted molar refractivity (Wildman–Crippen MR) is 141 cm³/mol. The van der Waals surface area contributed by atoms with Gasteiger partial charge in [0.05, 0.1) is 17.4 Å². The van der Waals surface area contributed by atoms with Crippen LogP contribution in [0, 0.1) is 0 Å². The third kappa shape index (κ3) is 6.05. The van der Waals surface area contributed by atoms with Gasteiger partial charge in [0, 0.05) is 27.7 Å². The maximum atomic E-state index is 12.7. The van der Waals surface area contributed by atoms with Crippen LogP contribution in [0.1, 0.15) is 47.1 Å². The first-order valence-corrected chi connectivity index (χ1v) is 11.7. The van der Waals surface area contributed by atoms with Gasteiger partial charge in [-0.2, -0.15) is 0 Å². The number of anilines is 2. The highest BCUT2D eigenvalue weighted by atomic mass is 16.6. The number of imidazole rings is 1. The number of carbonyl (C=O) groups is 2. The average Bonchev–Trinajstić information content (AvgIpc) is 3.11. The van der Waals surface area contributed by atoms with Crippen molar-refractivity contribution in [3.8, 4) is 11.1 Å². The Balaban J connectivity index is 2.01. The van der Waals surface area contributed by atoms with Crippen LogP contribution in [0.25, 0.3) is 22.2 Å². The molecule has 0 atom stereocenters. The van der Waals surface area contributed by atoms with Crippen molar-refractivity contribution >= 4 is 34.9 Å². The van der Waals surface area contributed by atoms with Gasteiger partial charge in [0.2, 0.25) is 0 Å². The molecule has 2 amide bonds.